The van der Waals surface area contributed by atoms with Crippen LogP contribution >= 0.6 is 27.3 Å². The fourth-order valence-electron chi connectivity index (χ4n) is 4.32. The lowest BCUT2D eigenvalue weighted by Crippen LogP contribution is -2.39. The predicted molar refractivity (Wildman–Crippen MR) is 128 cm³/mol. The minimum Gasteiger partial charge on any atom is -0.348 e. The monoisotopic (exact) mass is 504 g/mol. The van der Waals surface area contributed by atoms with Crippen LogP contribution in [0.1, 0.15) is 29.5 Å². The van der Waals surface area contributed by atoms with Crippen molar-refractivity contribution in [3.05, 3.63) is 62.9 Å². The Hall–Kier alpha value is -1.70. The molecular weight excluding hydrogens is 480 g/mol. The van der Waals surface area contributed by atoms with E-state index in [2.05, 4.69) is 59.1 Å². The highest BCUT2D eigenvalue weighted by Crippen LogP contribution is 2.35. The molecule has 1 aliphatic heterocycles. The van der Waals surface area contributed by atoms with Crippen molar-refractivity contribution in [1.82, 2.24) is 4.98 Å². The van der Waals surface area contributed by atoms with Gasteiger partial charge in [0.2, 0.25) is 0 Å². The van der Waals surface area contributed by atoms with E-state index in [9.17, 15) is 8.42 Å². The van der Waals surface area contributed by atoms with E-state index in [1.54, 1.807) is 29.5 Å². The van der Waals surface area contributed by atoms with Crippen molar-refractivity contribution in [2.45, 2.75) is 43.8 Å². The number of piperidine rings is 1. The summed E-state index contributed by atoms with van der Waals surface area (Å²) in [5.74, 6) is 0. The van der Waals surface area contributed by atoms with Gasteiger partial charge in [-0.25, -0.2) is 13.4 Å². The first-order chi connectivity index (χ1) is 14.3. The van der Waals surface area contributed by atoms with E-state index >= 15 is 0 Å². The molecular formula is C23H25BrN2O2S2. The Morgan fingerprint density at radius 1 is 1.07 bits per heavy atom. The summed E-state index contributed by atoms with van der Waals surface area (Å²) < 4.78 is 26.8. The molecule has 2 aromatic carbocycles. The van der Waals surface area contributed by atoms with Gasteiger partial charge in [-0.1, -0.05) is 29.8 Å². The maximum absolute atomic E-state index is 13.1. The fraction of sp³-hybridized carbons (Fsp3) is 0.348. The Morgan fingerprint density at radius 2 is 1.70 bits per heavy atom. The van der Waals surface area contributed by atoms with Crippen molar-refractivity contribution in [3.63, 3.8) is 0 Å². The second-order valence-corrected chi connectivity index (χ2v) is 11.8. The zero-order valence-electron chi connectivity index (χ0n) is 17.4. The summed E-state index contributed by atoms with van der Waals surface area (Å²) in [7, 11) is -3.34. The van der Waals surface area contributed by atoms with E-state index < -0.39 is 9.84 Å². The number of thiazole rings is 1. The standard InChI is InChI=1S/C23H25BrN2O2S2/c1-15-12-16(2)22(17(3)13-15)20-14-29-23(25-20)26-10-8-18(9-11-26)30(27,28)21-7-5-4-6-19(21)24/h4-7,12-14,18H,8-11H2,1-3H3. The summed E-state index contributed by atoms with van der Waals surface area (Å²) in [6.45, 7) is 7.78. The summed E-state index contributed by atoms with van der Waals surface area (Å²) in [5.41, 5.74) is 5.95. The number of hydrogen-bond acceptors (Lipinski definition) is 5. The topological polar surface area (TPSA) is 50.3 Å². The fourth-order valence-corrected chi connectivity index (χ4v) is 7.95. The van der Waals surface area contributed by atoms with Gasteiger partial charge in [0.1, 0.15) is 0 Å². The van der Waals surface area contributed by atoms with Crippen LogP contribution in [-0.4, -0.2) is 31.7 Å². The first-order valence-electron chi connectivity index (χ1n) is 10.0. The van der Waals surface area contributed by atoms with Crippen LogP contribution in [-0.2, 0) is 9.84 Å². The molecule has 0 unspecified atom stereocenters. The van der Waals surface area contributed by atoms with Gasteiger partial charge in [0.25, 0.3) is 0 Å². The molecule has 0 bridgehead atoms. The SMILES string of the molecule is Cc1cc(C)c(-c2csc(N3CCC(S(=O)(=O)c4ccccc4Br)CC3)n2)c(C)c1. The van der Waals surface area contributed by atoms with Gasteiger partial charge in [-0.2, -0.15) is 0 Å². The summed E-state index contributed by atoms with van der Waals surface area (Å²) in [4.78, 5) is 7.52. The second kappa shape index (κ2) is 8.44. The third-order valence-electron chi connectivity index (χ3n) is 5.72. The molecule has 0 aliphatic carbocycles. The van der Waals surface area contributed by atoms with Crippen LogP contribution in [0.2, 0.25) is 0 Å². The third kappa shape index (κ3) is 4.07. The van der Waals surface area contributed by atoms with Gasteiger partial charge in [-0.3, -0.25) is 0 Å². The van der Waals surface area contributed by atoms with Gasteiger partial charge in [0, 0.05) is 28.5 Å². The molecule has 30 heavy (non-hydrogen) atoms. The van der Waals surface area contributed by atoms with Crippen LogP contribution in [0.5, 0.6) is 0 Å². The number of sulfone groups is 1. The van der Waals surface area contributed by atoms with Crippen LogP contribution in [0.25, 0.3) is 11.3 Å². The molecule has 2 heterocycles. The zero-order valence-corrected chi connectivity index (χ0v) is 20.6. The lowest BCUT2D eigenvalue weighted by molar-refractivity contribution is 0.529. The highest BCUT2D eigenvalue weighted by atomic mass is 79.9. The van der Waals surface area contributed by atoms with Gasteiger partial charge in [0.15, 0.2) is 15.0 Å². The van der Waals surface area contributed by atoms with Crippen molar-refractivity contribution in [1.29, 1.82) is 0 Å². The molecule has 0 amide bonds. The quantitative estimate of drug-likeness (QED) is 0.440. The highest BCUT2D eigenvalue weighted by molar-refractivity contribution is 9.10. The number of hydrogen-bond donors (Lipinski definition) is 0. The molecule has 3 aromatic rings. The van der Waals surface area contributed by atoms with Crippen LogP contribution in [0.15, 0.2) is 51.1 Å². The minimum absolute atomic E-state index is 0.353. The molecule has 0 saturated carbocycles. The number of aryl methyl sites for hydroxylation is 3. The van der Waals surface area contributed by atoms with Crippen LogP contribution < -0.4 is 4.90 Å². The predicted octanol–water partition coefficient (Wildman–Crippen LogP) is 5.94. The molecule has 0 radical (unpaired) electrons. The van der Waals surface area contributed by atoms with Crippen LogP contribution in [0, 0.1) is 20.8 Å². The molecule has 0 N–H and O–H groups in total. The molecule has 4 rings (SSSR count). The number of anilines is 1. The van der Waals surface area contributed by atoms with Crippen LogP contribution in [0.4, 0.5) is 5.13 Å². The molecule has 0 atom stereocenters. The van der Waals surface area contributed by atoms with E-state index in [1.165, 1.54) is 22.3 Å². The Labute approximate surface area is 191 Å². The lowest BCUT2D eigenvalue weighted by Gasteiger charge is -2.31. The van der Waals surface area contributed by atoms with E-state index in [0.717, 1.165) is 10.8 Å². The molecule has 1 fully saturated rings. The molecule has 1 aliphatic rings. The smallest absolute Gasteiger partial charge is 0.185 e. The number of aromatic nitrogens is 1. The Kier molecular flexibility index (Phi) is 6.06. The maximum Gasteiger partial charge on any atom is 0.185 e. The van der Waals surface area contributed by atoms with Crippen molar-refractivity contribution in [2.24, 2.45) is 0 Å². The first-order valence-corrected chi connectivity index (χ1v) is 13.3. The number of nitrogens with zero attached hydrogens (tertiary/aromatic N) is 2. The van der Waals surface area contributed by atoms with Crippen molar-refractivity contribution < 1.29 is 8.42 Å². The van der Waals surface area contributed by atoms with E-state index in [1.807, 2.05) is 6.07 Å². The zero-order chi connectivity index (χ0) is 21.5. The van der Waals surface area contributed by atoms with E-state index in [4.69, 9.17) is 4.98 Å². The highest BCUT2D eigenvalue weighted by Gasteiger charge is 2.33. The third-order valence-corrected chi connectivity index (χ3v) is 9.89. The van der Waals surface area contributed by atoms with Crippen molar-refractivity contribution >= 4 is 42.2 Å². The van der Waals surface area contributed by atoms with Gasteiger partial charge < -0.3 is 4.90 Å². The van der Waals surface area contributed by atoms with Crippen molar-refractivity contribution in [2.75, 3.05) is 18.0 Å². The summed E-state index contributed by atoms with van der Waals surface area (Å²) in [6.07, 6.45) is 1.22. The van der Waals surface area contributed by atoms with E-state index in [-0.39, 0.29) is 5.25 Å². The molecule has 7 heteroatoms. The maximum atomic E-state index is 13.1. The van der Waals surface area contributed by atoms with Gasteiger partial charge >= 0.3 is 0 Å². The molecule has 1 aromatic heterocycles. The Bertz CT molecular complexity index is 1160. The van der Waals surface area contributed by atoms with Gasteiger partial charge in [-0.15, -0.1) is 11.3 Å². The van der Waals surface area contributed by atoms with Gasteiger partial charge in [0.05, 0.1) is 15.8 Å². The van der Waals surface area contributed by atoms with Gasteiger partial charge in [-0.05, 0) is 72.8 Å². The first kappa shape index (κ1) is 21.5. The summed E-state index contributed by atoms with van der Waals surface area (Å²) in [6, 6.07) is 11.5. The number of halogens is 1. The largest absolute Gasteiger partial charge is 0.348 e. The average molecular weight is 506 g/mol. The van der Waals surface area contributed by atoms with Crippen LogP contribution in [0.3, 0.4) is 0 Å². The summed E-state index contributed by atoms with van der Waals surface area (Å²) in [5, 5.41) is 2.73. The molecule has 0 spiro atoms. The summed E-state index contributed by atoms with van der Waals surface area (Å²) >= 11 is 5.03. The lowest BCUT2D eigenvalue weighted by atomic mass is 9.98. The average Bonchev–Trinajstić information content (AvgIpc) is 3.17. The van der Waals surface area contributed by atoms with Crippen molar-refractivity contribution in [3.8, 4) is 11.3 Å². The number of benzene rings is 2. The number of rotatable bonds is 4. The molecule has 1 saturated heterocycles. The molecule has 158 valence electrons. The van der Waals surface area contributed by atoms with E-state index in [0.29, 0.717) is 35.3 Å². The molecule has 4 nitrogen and oxygen atoms in total. The normalized spacial score (nSPS) is 15.5. The minimum atomic E-state index is -3.34. The second-order valence-electron chi connectivity index (χ2n) is 7.95. The Balaban J connectivity index is 1.50. The Morgan fingerprint density at radius 3 is 2.33 bits per heavy atom.